The number of methoxy groups -OCH3 is 1. The van der Waals surface area contributed by atoms with E-state index in [4.69, 9.17) is 10.00 Å². The lowest BCUT2D eigenvalue weighted by atomic mass is 9.93. The summed E-state index contributed by atoms with van der Waals surface area (Å²) in [6.07, 6.45) is 0.570. The number of ether oxygens (including phenoxy) is 1. The van der Waals surface area contributed by atoms with Gasteiger partial charge in [0.25, 0.3) is 0 Å². The number of rotatable bonds is 2. The lowest BCUT2D eigenvalue weighted by Crippen LogP contribution is -2.24. The number of hydrogen-bond donors (Lipinski definition) is 0. The van der Waals surface area contributed by atoms with Crippen LogP contribution in [-0.4, -0.2) is 13.1 Å². The first-order valence-electron chi connectivity index (χ1n) is 4.79. The van der Waals surface area contributed by atoms with Gasteiger partial charge in [0.15, 0.2) is 0 Å². The zero-order valence-corrected chi connectivity index (χ0v) is 8.43. The molecule has 0 aromatic heterocycles. The highest BCUT2D eigenvalue weighted by Crippen LogP contribution is 2.54. The van der Waals surface area contributed by atoms with Crippen molar-refractivity contribution in [3.8, 4) is 6.07 Å². The van der Waals surface area contributed by atoms with Crippen LogP contribution in [0.2, 0.25) is 0 Å². The molecule has 0 N–H and O–H groups in total. The Balaban J connectivity index is 2.40. The maximum absolute atomic E-state index is 11.7. The van der Waals surface area contributed by atoms with Gasteiger partial charge in [0.1, 0.15) is 5.41 Å². The molecule has 2 atom stereocenters. The fraction of sp³-hybridized carbons (Fsp3) is 0.333. The highest BCUT2D eigenvalue weighted by molar-refractivity contribution is 5.88. The molecule has 15 heavy (non-hydrogen) atoms. The summed E-state index contributed by atoms with van der Waals surface area (Å²) in [5, 5.41) is 8.89. The molecule has 1 fully saturated rings. The van der Waals surface area contributed by atoms with Gasteiger partial charge in [0.2, 0.25) is 0 Å². The van der Waals surface area contributed by atoms with Gasteiger partial charge in [-0.25, -0.2) is 0 Å². The molecule has 0 aliphatic heterocycles. The van der Waals surface area contributed by atoms with Crippen LogP contribution < -0.4 is 0 Å². The van der Waals surface area contributed by atoms with Gasteiger partial charge in [0, 0.05) is 0 Å². The van der Waals surface area contributed by atoms with E-state index in [-0.39, 0.29) is 11.9 Å². The molecule has 0 unspecified atom stereocenters. The van der Waals surface area contributed by atoms with Gasteiger partial charge in [-0.1, -0.05) is 30.3 Å². The third kappa shape index (κ3) is 1.30. The van der Waals surface area contributed by atoms with Crippen LogP contribution in [0, 0.1) is 17.2 Å². The predicted molar refractivity (Wildman–Crippen MR) is 53.9 cm³/mol. The summed E-state index contributed by atoms with van der Waals surface area (Å²) in [4.78, 5) is 11.7. The van der Waals surface area contributed by atoms with Gasteiger partial charge in [-0.05, 0) is 12.0 Å². The van der Waals surface area contributed by atoms with E-state index in [1.807, 2.05) is 30.3 Å². The predicted octanol–water partition coefficient (Wildman–Crippen LogP) is 1.64. The number of hydrogen-bond acceptors (Lipinski definition) is 3. The first-order valence-corrected chi connectivity index (χ1v) is 4.79. The summed E-state index contributed by atoms with van der Waals surface area (Å²) < 4.78 is 4.77. The monoisotopic (exact) mass is 201 g/mol. The highest BCUT2D eigenvalue weighted by atomic mass is 16.5. The van der Waals surface area contributed by atoms with Crippen LogP contribution in [0.4, 0.5) is 0 Å². The summed E-state index contributed by atoms with van der Waals surface area (Å²) in [5.74, 6) is -0.549. The molecule has 3 heteroatoms. The summed E-state index contributed by atoms with van der Waals surface area (Å²) in [6.45, 7) is 0. The Morgan fingerprint density at radius 1 is 1.53 bits per heavy atom. The minimum Gasteiger partial charge on any atom is -0.468 e. The van der Waals surface area contributed by atoms with E-state index < -0.39 is 5.41 Å². The van der Waals surface area contributed by atoms with Crippen LogP contribution >= 0.6 is 0 Å². The Morgan fingerprint density at radius 3 is 2.67 bits per heavy atom. The van der Waals surface area contributed by atoms with Crippen LogP contribution in [-0.2, 0) is 14.9 Å². The van der Waals surface area contributed by atoms with Crippen molar-refractivity contribution in [3.05, 3.63) is 35.9 Å². The molecule has 1 saturated carbocycles. The maximum Gasteiger partial charge on any atom is 0.317 e. The minimum absolute atomic E-state index is 0.243. The van der Waals surface area contributed by atoms with E-state index in [1.54, 1.807) is 0 Å². The molecule has 76 valence electrons. The van der Waals surface area contributed by atoms with E-state index >= 15 is 0 Å². The SMILES string of the molecule is COC(=O)[C@@]1(c2ccccc2)C[C@H]1C#N. The summed E-state index contributed by atoms with van der Waals surface area (Å²) in [7, 11) is 1.36. The van der Waals surface area contributed by atoms with Gasteiger partial charge in [-0.3, -0.25) is 4.79 Å². The fourth-order valence-corrected chi connectivity index (χ4v) is 2.00. The number of benzene rings is 1. The third-order valence-electron chi connectivity index (χ3n) is 2.96. The van der Waals surface area contributed by atoms with Crippen molar-refractivity contribution in [1.29, 1.82) is 5.26 Å². The van der Waals surface area contributed by atoms with Crippen LogP contribution in [0.3, 0.4) is 0 Å². The van der Waals surface area contributed by atoms with Crippen molar-refractivity contribution in [2.75, 3.05) is 7.11 Å². The van der Waals surface area contributed by atoms with Crippen molar-refractivity contribution in [1.82, 2.24) is 0 Å². The molecule has 0 spiro atoms. The van der Waals surface area contributed by atoms with E-state index in [2.05, 4.69) is 6.07 Å². The molecule has 1 aliphatic carbocycles. The van der Waals surface area contributed by atoms with Crippen molar-refractivity contribution in [2.45, 2.75) is 11.8 Å². The molecule has 2 rings (SSSR count). The number of carbonyl (C=O) groups is 1. The topological polar surface area (TPSA) is 50.1 Å². The Labute approximate surface area is 88.3 Å². The zero-order chi connectivity index (χ0) is 10.9. The summed E-state index contributed by atoms with van der Waals surface area (Å²) in [5.41, 5.74) is 0.175. The maximum atomic E-state index is 11.7. The average molecular weight is 201 g/mol. The standard InChI is InChI=1S/C12H11NO2/c1-15-11(14)12(7-10(12)8-13)9-5-3-2-4-6-9/h2-6,10H,7H2,1H3/t10-,12+/m0/s1. The minimum atomic E-state index is -0.704. The molecule has 1 aromatic carbocycles. The van der Waals surface area contributed by atoms with E-state index in [1.165, 1.54) is 7.11 Å². The molecule has 0 amide bonds. The Kier molecular flexibility index (Phi) is 2.20. The molecule has 1 aromatic rings. The van der Waals surface area contributed by atoms with Crippen molar-refractivity contribution in [3.63, 3.8) is 0 Å². The number of carbonyl (C=O) groups excluding carboxylic acids is 1. The Morgan fingerprint density at radius 2 is 2.20 bits per heavy atom. The molecule has 0 bridgehead atoms. The van der Waals surface area contributed by atoms with Crippen LogP contribution in [0.15, 0.2) is 30.3 Å². The van der Waals surface area contributed by atoms with Crippen LogP contribution in [0.25, 0.3) is 0 Å². The zero-order valence-electron chi connectivity index (χ0n) is 8.43. The number of nitrogens with zero attached hydrogens (tertiary/aromatic N) is 1. The van der Waals surface area contributed by atoms with E-state index in [0.29, 0.717) is 6.42 Å². The van der Waals surface area contributed by atoms with Crippen molar-refractivity contribution in [2.24, 2.45) is 5.92 Å². The van der Waals surface area contributed by atoms with Gasteiger partial charge < -0.3 is 4.74 Å². The lowest BCUT2D eigenvalue weighted by molar-refractivity contribution is -0.144. The number of nitriles is 1. The normalized spacial score (nSPS) is 27.9. The summed E-state index contributed by atoms with van der Waals surface area (Å²) in [6, 6.07) is 11.5. The second kappa shape index (κ2) is 3.39. The highest BCUT2D eigenvalue weighted by Gasteiger charge is 2.62. The van der Waals surface area contributed by atoms with Gasteiger partial charge in [-0.15, -0.1) is 0 Å². The molecular formula is C12H11NO2. The second-order valence-corrected chi connectivity index (χ2v) is 3.71. The smallest absolute Gasteiger partial charge is 0.317 e. The molecule has 0 radical (unpaired) electrons. The fourth-order valence-electron chi connectivity index (χ4n) is 2.00. The molecule has 1 aliphatic rings. The lowest BCUT2D eigenvalue weighted by Gasteiger charge is -2.12. The van der Waals surface area contributed by atoms with Gasteiger partial charge >= 0.3 is 5.97 Å². The third-order valence-corrected chi connectivity index (χ3v) is 2.96. The van der Waals surface area contributed by atoms with E-state index in [9.17, 15) is 4.79 Å². The van der Waals surface area contributed by atoms with Crippen LogP contribution in [0.5, 0.6) is 0 Å². The first kappa shape index (κ1) is 9.72. The quantitative estimate of drug-likeness (QED) is 0.683. The summed E-state index contributed by atoms with van der Waals surface area (Å²) >= 11 is 0. The van der Waals surface area contributed by atoms with E-state index in [0.717, 1.165) is 5.56 Å². The van der Waals surface area contributed by atoms with Crippen molar-refractivity contribution >= 4 is 5.97 Å². The van der Waals surface area contributed by atoms with Crippen molar-refractivity contribution < 1.29 is 9.53 Å². The molecule has 0 heterocycles. The second-order valence-electron chi connectivity index (χ2n) is 3.71. The van der Waals surface area contributed by atoms with Crippen LogP contribution in [0.1, 0.15) is 12.0 Å². The molecule has 0 saturated heterocycles. The Bertz CT molecular complexity index is 421. The molecule has 3 nitrogen and oxygen atoms in total. The Hall–Kier alpha value is -1.82. The largest absolute Gasteiger partial charge is 0.468 e. The van der Waals surface area contributed by atoms with Gasteiger partial charge in [0.05, 0.1) is 19.1 Å². The first-order chi connectivity index (χ1) is 7.25. The van der Waals surface area contributed by atoms with Gasteiger partial charge in [-0.2, -0.15) is 5.26 Å². The molecular weight excluding hydrogens is 190 g/mol. The number of esters is 1. The average Bonchev–Trinajstić information content (AvgIpc) is 3.05.